The summed E-state index contributed by atoms with van der Waals surface area (Å²) in [6.07, 6.45) is 1.35. The number of benzene rings is 1. The van der Waals surface area contributed by atoms with Crippen LogP contribution in [0.15, 0.2) is 12.1 Å². The fraction of sp³-hybridized carbons (Fsp3) is 0.333. The first-order chi connectivity index (χ1) is 7.67. The van der Waals surface area contributed by atoms with E-state index in [1.807, 2.05) is 13.8 Å². The van der Waals surface area contributed by atoms with Crippen molar-refractivity contribution in [1.82, 2.24) is 9.97 Å². The average molecular weight is 219 g/mol. The third-order valence-corrected chi connectivity index (χ3v) is 2.70. The largest absolute Gasteiger partial charge is 0.368 e. The molecule has 0 atom stereocenters. The lowest BCUT2D eigenvalue weighted by molar-refractivity contribution is 0.614. The van der Waals surface area contributed by atoms with Crippen LogP contribution in [-0.4, -0.2) is 9.97 Å². The van der Waals surface area contributed by atoms with Gasteiger partial charge in [-0.25, -0.2) is 14.4 Å². The molecule has 1 heterocycles. The Labute approximate surface area is 93.5 Å². The van der Waals surface area contributed by atoms with E-state index >= 15 is 0 Å². The van der Waals surface area contributed by atoms with Crippen molar-refractivity contribution in [3.63, 3.8) is 0 Å². The van der Waals surface area contributed by atoms with Crippen LogP contribution >= 0.6 is 0 Å². The highest BCUT2D eigenvalue weighted by Gasteiger charge is 2.12. The maximum absolute atomic E-state index is 13.6. The second kappa shape index (κ2) is 4.04. The number of anilines is 1. The van der Waals surface area contributed by atoms with Gasteiger partial charge < -0.3 is 5.73 Å². The summed E-state index contributed by atoms with van der Waals surface area (Å²) in [5.74, 6) is 0.0519. The molecule has 0 aliphatic carbocycles. The fourth-order valence-electron chi connectivity index (χ4n) is 1.97. The molecule has 2 rings (SSSR count). The molecule has 16 heavy (non-hydrogen) atoms. The van der Waals surface area contributed by atoms with E-state index in [2.05, 4.69) is 9.97 Å². The van der Waals surface area contributed by atoms with Crippen LogP contribution in [0.2, 0.25) is 0 Å². The molecule has 0 saturated carbocycles. The zero-order chi connectivity index (χ0) is 11.7. The van der Waals surface area contributed by atoms with Crippen molar-refractivity contribution in [3.8, 4) is 0 Å². The number of hydrogen-bond donors (Lipinski definition) is 1. The molecule has 0 unspecified atom stereocenters. The third kappa shape index (κ3) is 1.60. The Morgan fingerprint density at radius 2 is 1.94 bits per heavy atom. The number of halogens is 1. The van der Waals surface area contributed by atoms with Gasteiger partial charge in [-0.05, 0) is 30.5 Å². The molecule has 2 aromatic rings. The zero-order valence-corrected chi connectivity index (χ0v) is 9.42. The summed E-state index contributed by atoms with van der Waals surface area (Å²) in [5, 5.41) is 0.819. The highest BCUT2D eigenvalue weighted by molar-refractivity contribution is 5.85. The number of nitrogen functional groups attached to an aromatic ring is 1. The molecule has 0 aliphatic rings. The van der Waals surface area contributed by atoms with E-state index < -0.39 is 0 Å². The van der Waals surface area contributed by atoms with Gasteiger partial charge in [0.05, 0.1) is 11.2 Å². The van der Waals surface area contributed by atoms with Crippen molar-refractivity contribution in [2.75, 3.05) is 5.73 Å². The van der Waals surface area contributed by atoms with Crippen LogP contribution in [0.5, 0.6) is 0 Å². The lowest BCUT2D eigenvalue weighted by Gasteiger charge is -2.09. The highest BCUT2D eigenvalue weighted by atomic mass is 19.1. The van der Waals surface area contributed by atoms with Crippen LogP contribution in [0, 0.1) is 5.82 Å². The average Bonchev–Trinajstić information content (AvgIpc) is 2.28. The van der Waals surface area contributed by atoms with Crippen molar-refractivity contribution < 1.29 is 4.39 Å². The predicted octanol–water partition coefficient (Wildman–Crippen LogP) is 2.48. The molecule has 0 bridgehead atoms. The lowest BCUT2D eigenvalue weighted by Crippen LogP contribution is -2.03. The van der Waals surface area contributed by atoms with Crippen molar-refractivity contribution in [3.05, 3.63) is 29.2 Å². The summed E-state index contributed by atoms with van der Waals surface area (Å²) >= 11 is 0. The first kappa shape index (κ1) is 10.8. The smallest absolute Gasteiger partial charge is 0.220 e. The van der Waals surface area contributed by atoms with Gasteiger partial charge in [0.25, 0.3) is 0 Å². The minimum atomic E-state index is -0.196. The molecule has 0 spiro atoms. The second-order valence-electron chi connectivity index (χ2n) is 3.66. The normalized spacial score (nSPS) is 10.9. The monoisotopic (exact) mass is 219 g/mol. The van der Waals surface area contributed by atoms with Gasteiger partial charge in [-0.1, -0.05) is 13.8 Å². The first-order valence-corrected chi connectivity index (χ1v) is 5.40. The number of hydrogen-bond acceptors (Lipinski definition) is 3. The maximum atomic E-state index is 13.6. The van der Waals surface area contributed by atoms with E-state index in [1.54, 1.807) is 6.07 Å². The van der Waals surface area contributed by atoms with Gasteiger partial charge >= 0.3 is 0 Å². The number of aryl methyl sites for hydroxylation is 2. The molecule has 4 heteroatoms. The Balaban J connectivity index is 2.89. The van der Waals surface area contributed by atoms with Crippen LogP contribution in [0.3, 0.4) is 0 Å². The summed E-state index contributed by atoms with van der Waals surface area (Å²) in [6, 6.07) is 3.09. The molecule has 1 aromatic heterocycles. The summed E-state index contributed by atoms with van der Waals surface area (Å²) in [6.45, 7) is 3.90. The number of nitrogens with zero attached hydrogens (tertiary/aromatic N) is 2. The van der Waals surface area contributed by atoms with Crippen LogP contribution in [0.1, 0.15) is 25.1 Å². The lowest BCUT2D eigenvalue weighted by atomic mass is 10.0. The van der Waals surface area contributed by atoms with Gasteiger partial charge in [0.2, 0.25) is 5.95 Å². The van der Waals surface area contributed by atoms with E-state index in [0.717, 1.165) is 23.0 Å². The number of fused-ring (bicyclic) bond motifs is 1. The molecular weight excluding hydrogens is 205 g/mol. The fourth-order valence-corrected chi connectivity index (χ4v) is 1.97. The van der Waals surface area contributed by atoms with Gasteiger partial charge in [0.15, 0.2) is 0 Å². The van der Waals surface area contributed by atoms with Crippen LogP contribution in [0.4, 0.5) is 10.3 Å². The molecule has 2 N–H and O–H groups in total. The summed E-state index contributed by atoms with van der Waals surface area (Å²) in [5.41, 5.74) is 7.83. The molecule has 0 fully saturated rings. The Hall–Kier alpha value is -1.71. The van der Waals surface area contributed by atoms with E-state index in [-0.39, 0.29) is 11.8 Å². The quantitative estimate of drug-likeness (QED) is 0.844. The van der Waals surface area contributed by atoms with Crippen molar-refractivity contribution in [2.24, 2.45) is 0 Å². The van der Waals surface area contributed by atoms with E-state index in [0.29, 0.717) is 12.0 Å². The number of nitrogens with two attached hydrogens (primary N) is 1. The molecule has 3 nitrogen and oxygen atoms in total. The van der Waals surface area contributed by atoms with Crippen molar-refractivity contribution >= 4 is 16.9 Å². The van der Waals surface area contributed by atoms with Gasteiger partial charge in [-0.2, -0.15) is 0 Å². The predicted molar refractivity (Wildman–Crippen MR) is 62.7 cm³/mol. The molecule has 0 radical (unpaired) electrons. The summed E-state index contributed by atoms with van der Waals surface area (Å²) < 4.78 is 13.6. The first-order valence-electron chi connectivity index (χ1n) is 5.40. The number of aromatic nitrogens is 2. The Morgan fingerprint density at radius 1 is 1.19 bits per heavy atom. The molecule has 0 saturated heterocycles. The number of rotatable bonds is 2. The minimum absolute atomic E-state index is 0.196. The molecular formula is C12H14FN3. The van der Waals surface area contributed by atoms with E-state index in [9.17, 15) is 4.39 Å². The molecule has 0 amide bonds. The SMILES string of the molecule is CCc1nc(N)nc2ccc(F)c(CC)c12. The van der Waals surface area contributed by atoms with E-state index in [4.69, 9.17) is 5.73 Å². The summed E-state index contributed by atoms with van der Waals surface area (Å²) in [7, 11) is 0. The van der Waals surface area contributed by atoms with Gasteiger partial charge in [0.1, 0.15) is 5.82 Å². The molecule has 0 aliphatic heterocycles. The van der Waals surface area contributed by atoms with Crippen molar-refractivity contribution in [2.45, 2.75) is 26.7 Å². The molecule has 1 aromatic carbocycles. The standard InChI is InChI=1S/C12H14FN3/c1-3-7-8(13)5-6-10-11(7)9(4-2)15-12(14)16-10/h5-6H,3-4H2,1-2H3,(H2,14,15,16). The van der Waals surface area contributed by atoms with Crippen LogP contribution in [-0.2, 0) is 12.8 Å². The van der Waals surface area contributed by atoms with Crippen LogP contribution in [0.25, 0.3) is 10.9 Å². The van der Waals surface area contributed by atoms with Gasteiger partial charge in [-0.3, -0.25) is 0 Å². The van der Waals surface area contributed by atoms with Gasteiger partial charge in [-0.15, -0.1) is 0 Å². The third-order valence-electron chi connectivity index (χ3n) is 2.70. The Kier molecular flexibility index (Phi) is 2.73. The Bertz CT molecular complexity index is 537. The highest BCUT2D eigenvalue weighted by Crippen LogP contribution is 2.24. The maximum Gasteiger partial charge on any atom is 0.220 e. The van der Waals surface area contributed by atoms with Crippen LogP contribution < -0.4 is 5.73 Å². The second-order valence-corrected chi connectivity index (χ2v) is 3.66. The van der Waals surface area contributed by atoms with Gasteiger partial charge in [0, 0.05) is 5.39 Å². The molecule has 84 valence electrons. The Morgan fingerprint density at radius 3 is 2.56 bits per heavy atom. The van der Waals surface area contributed by atoms with Crippen molar-refractivity contribution in [1.29, 1.82) is 0 Å². The minimum Gasteiger partial charge on any atom is -0.368 e. The zero-order valence-electron chi connectivity index (χ0n) is 9.42. The van der Waals surface area contributed by atoms with E-state index in [1.165, 1.54) is 6.07 Å². The topological polar surface area (TPSA) is 51.8 Å². The summed E-state index contributed by atoms with van der Waals surface area (Å²) in [4.78, 5) is 8.30.